The van der Waals surface area contributed by atoms with Gasteiger partial charge in [-0.25, -0.2) is 14.4 Å². The number of nitrogens with zero attached hydrogens (tertiary/aromatic N) is 6. The third-order valence-electron chi connectivity index (χ3n) is 4.48. The Morgan fingerprint density at radius 1 is 1.15 bits per heavy atom. The van der Waals surface area contributed by atoms with E-state index in [4.69, 9.17) is 0 Å². The molecule has 4 aromatic rings. The van der Waals surface area contributed by atoms with Gasteiger partial charge < -0.3 is 9.47 Å². The van der Waals surface area contributed by atoms with E-state index >= 15 is 0 Å². The topological polar surface area (TPSA) is 51.2 Å². The molecule has 3 aromatic heterocycles. The number of likely N-dealkylation sites (N-methyl/N-ethyl adjacent to an activating group) is 1. The summed E-state index contributed by atoms with van der Waals surface area (Å²) in [6.07, 6.45) is 5.46. The van der Waals surface area contributed by atoms with Gasteiger partial charge in [-0.1, -0.05) is 12.1 Å². The molecule has 0 saturated heterocycles. The van der Waals surface area contributed by atoms with Gasteiger partial charge in [-0.3, -0.25) is 0 Å². The van der Waals surface area contributed by atoms with Crippen LogP contribution in [-0.4, -0.2) is 37.7 Å². The highest BCUT2D eigenvalue weighted by Gasteiger charge is 2.14. The van der Waals surface area contributed by atoms with E-state index in [0.29, 0.717) is 16.9 Å². The Bertz CT molecular complexity index is 1050. The summed E-state index contributed by atoms with van der Waals surface area (Å²) in [6.45, 7) is 3.53. The normalized spacial score (nSPS) is 11.2. The maximum absolute atomic E-state index is 14.2. The van der Waals surface area contributed by atoms with Gasteiger partial charge in [-0.05, 0) is 19.1 Å². The summed E-state index contributed by atoms with van der Waals surface area (Å²) in [6, 6.07) is 10.4. The standard InChI is InChI=1S/C19H19FN6/c1-14-21-9-10-25(14)12-11-24(2)19-13-17(15-5-3-4-6-16(15)20)23-18-7-8-22-26(18)19/h3-10,13H,11-12H2,1-2H3. The molecule has 3 heterocycles. The van der Waals surface area contributed by atoms with E-state index in [1.165, 1.54) is 6.07 Å². The van der Waals surface area contributed by atoms with E-state index < -0.39 is 0 Å². The molecule has 0 bridgehead atoms. The van der Waals surface area contributed by atoms with Crippen LogP contribution in [0.5, 0.6) is 0 Å². The van der Waals surface area contributed by atoms with Crippen molar-refractivity contribution in [2.45, 2.75) is 13.5 Å². The van der Waals surface area contributed by atoms with Crippen molar-refractivity contribution in [3.8, 4) is 11.3 Å². The maximum Gasteiger partial charge on any atom is 0.157 e. The highest BCUT2D eigenvalue weighted by atomic mass is 19.1. The second kappa shape index (κ2) is 6.59. The van der Waals surface area contributed by atoms with Gasteiger partial charge in [0.2, 0.25) is 0 Å². The van der Waals surface area contributed by atoms with Gasteiger partial charge in [0.25, 0.3) is 0 Å². The number of fused-ring (bicyclic) bond motifs is 1. The smallest absolute Gasteiger partial charge is 0.157 e. The van der Waals surface area contributed by atoms with Crippen molar-refractivity contribution >= 4 is 11.5 Å². The second-order valence-corrected chi connectivity index (χ2v) is 6.17. The molecule has 0 amide bonds. The fourth-order valence-electron chi connectivity index (χ4n) is 2.99. The van der Waals surface area contributed by atoms with Crippen LogP contribution in [-0.2, 0) is 6.54 Å². The molecule has 0 atom stereocenters. The summed E-state index contributed by atoms with van der Waals surface area (Å²) in [5.74, 6) is 1.55. The van der Waals surface area contributed by atoms with Crippen molar-refractivity contribution < 1.29 is 4.39 Å². The minimum atomic E-state index is -0.286. The lowest BCUT2D eigenvalue weighted by Crippen LogP contribution is -2.25. The van der Waals surface area contributed by atoms with Crippen LogP contribution in [0.1, 0.15) is 5.82 Å². The molecule has 1 aromatic carbocycles. The van der Waals surface area contributed by atoms with Crippen molar-refractivity contribution in [2.24, 2.45) is 0 Å². The van der Waals surface area contributed by atoms with Crippen molar-refractivity contribution in [3.05, 3.63) is 66.6 Å². The number of rotatable bonds is 5. The first-order chi connectivity index (χ1) is 12.6. The fourth-order valence-corrected chi connectivity index (χ4v) is 2.99. The Balaban J connectivity index is 1.70. The Morgan fingerprint density at radius 2 is 2.00 bits per heavy atom. The van der Waals surface area contributed by atoms with Crippen molar-refractivity contribution in [1.82, 2.24) is 24.1 Å². The van der Waals surface area contributed by atoms with Gasteiger partial charge in [0.15, 0.2) is 5.65 Å². The number of halogens is 1. The molecule has 0 radical (unpaired) electrons. The Morgan fingerprint density at radius 3 is 2.77 bits per heavy atom. The van der Waals surface area contributed by atoms with Crippen LogP contribution in [0.3, 0.4) is 0 Å². The Kier molecular flexibility index (Phi) is 4.12. The van der Waals surface area contributed by atoms with Crippen LogP contribution < -0.4 is 4.90 Å². The van der Waals surface area contributed by atoms with Crippen molar-refractivity contribution in [2.75, 3.05) is 18.5 Å². The van der Waals surface area contributed by atoms with Crippen LogP contribution in [0.4, 0.5) is 10.2 Å². The molecular formula is C19H19FN6. The zero-order valence-electron chi connectivity index (χ0n) is 14.7. The number of aromatic nitrogens is 5. The van der Waals surface area contributed by atoms with Gasteiger partial charge in [-0.15, -0.1) is 0 Å². The number of anilines is 1. The van der Waals surface area contributed by atoms with Gasteiger partial charge in [0, 0.05) is 50.2 Å². The lowest BCUT2D eigenvalue weighted by atomic mass is 10.1. The minimum absolute atomic E-state index is 0.286. The van der Waals surface area contributed by atoms with Crippen LogP contribution in [0.15, 0.2) is 55.0 Å². The van der Waals surface area contributed by atoms with Gasteiger partial charge >= 0.3 is 0 Å². The summed E-state index contributed by atoms with van der Waals surface area (Å²) in [5, 5.41) is 4.36. The quantitative estimate of drug-likeness (QED) is 0.555. The van der Waals surface area contributed by atoms with E-state index in [1.54, 1.807) is 29.0 Å². The number of aryl methyl sites for hydroxylation is 1. The first kappa shape index (κ1) is 16.3. The van der Waals surface area contributed by atoms with Crippen molar-refractivity contribution in [3.63, 3.8) is 0 Å². The molecule has 0 fully saturated rings. The molecule has 0 aliphatic carbocycles. The highest BCUT2D eigenvalue weighted by Crippen LogP contribution is 2.25. The molecule has 0 saturated carbocycles. The SMILES string of the molecule is Cc1nccn1CCN(C)c1cc(-c2ccccc2F)nc2ccnn12. The third-order valence-corrected chi connectivity index (χ3v) is 4.48. The molecule has 132 valence electrons. The molecule has 0 aliphatic rings. The predicted octanol–water partition coefficient (Wildman–Crippen LogP) is 3.18. The molecule has 0 spiro atoms. The number of hydrogen-bond donors (Lipinski definition) is 0. The molecule has 26 heavy (non-hydrogen) atoms. The van der Waals surface area contributed by atoms with E-state index in [1.807, 2.05) is 38.4 Å². The molecule has 6 nitrogen and oxygen atoms in total. The first-order valence-electron chi connectivity index (χ1n) is 8.42. The molecule has 7 heteroatoms. The Hall–Kier alpha value is -3.22. The van der Waals surface area contributed by atoms with Crippen LogP contribution in [0.2, 0.25) is 0 Å². The van der Waals surface area contributed by atoms with E-state index in [0.717, 1.165) is 24.7 Å². The zero-order chi connectivity index (χ0) is 18.1. The van der Waals surface area contributed by atoms with E-state index in [2.05, 4.69) is 24.5 Å². The lowest BCUT2D eigenvalue weighted by molar-refractivity contribution is 0.630. The third kappa shape index (κ3) is 2.92. The number of hydrogen-bond acceptors (Lipinski definition) is 4. The zero-order valence-corrected chi connectivity index (χ0v) is 14.7. The molecule has 0 unspecified atom stereocenters. The summed E-state index contributed by atoms with van der Waals surface area (Å²) < 4.78 is 18.1. The number of imidazole rings is 1. The van der Waals surface area contributed by atoms with E-state index in [-0.39, 0.29) is 5.82 Å². The summed E-state index contributed by atoms with van der Waals surface area (Å²) in [4.78, 5) is 10.9. The predicted molar refractivity (Wildman–Crippen MR) is 98.6 cm³/mol. The minimum Gasteiger partial charge on any atom is -0.358 e. The second-order valence-electron chi connectivity index (χ2n) is 6.17. The van der Waals surface area contributed by atoms with Crippen LogP contribution in [0.25, 0.3) is 16.9 Å². The van der Waals surface area contributed by atoms with Crippen molar-refractivity contribution in [1.29, 1.82) is 0 Å². The molecular weight excluding hydrogens is 331 g/mol. The monoisotopic (exact) mass is 350 g/mol. The average Bonchev–Trinajstić information content (AvgIpc) is 3.27. The maximum atomic E-state index is 14.2. The van der Waals surface area contributed by atoms with Gasteiger partial charge in [0.05, 0.1) is 11.9 Å². The van der Waals surface area contributed by atoms with Gasteiger partial charge in [0.1, 0.15) is 17.5 Å². The summed E-state index contributed by atoms with van der Waals surface area (Å²) in [7, 11) is 1.99. The Labute approximate surface area is 150 Å². The summed E-state index contributed by atoms with van der Waals surface area (Å²) >= 11 is 0. The van der Waals surface area contributed by atoms with Crippen LogP contribution in [0, 0.1) is 12.7 Å². The molecule has 4 rings (SSSR count). The molecule has 0 N–H and O–H groups in total. The lowest BCUT2D eigenvalue weighted by Gasteiger charge is -2.21. The highest BCUT2D eigenvalue weighted by molar-refractivity contribution is 5.67. The largest absolute Gasteiger partial charge is 0.358 e. The van der Waals surface area contributed by atoms with Gasteiger partial charge in [-0.2, -0.15) is 9.61 Å². The number of benzene rings is 1. The summed E-state index contributed by atoms with van der Waals surface area (Å²) in [5.41, 5.74) is 1.76. The average molecular weight is 350 g/mol. The fraction of sp³-hybridized carbons (Fsp3) is 0.211. The van der Waals surface area contributed by atoms with Crippen LogP contribution >= 0.6 is 0 Å². The first-order valence-corrected chi connectivity index (χ1v) is 8.42. The molecule has 0 aliphatic heterocycles. The van der Waals surface area contributed by atoms with E-state index in [9.17, 15) is 4.39 Å².